The minimum Gasteiger partial charge on any atom is -0.254 e. The van der Waals surface area contributed by atoms with E-state index < -0.39 is 22.4 Å². The maximum Gasteiger partial charge on any atom is 0.142 e. The number of aromatic nitrogens is 1. The molecule has 0 fully saturated rings. The topological polar surface area (TPSA) is 53.8 Å². The molecule has 2 aromatic rings. The van der Waals surface area contributed by atoms with Gasteiger partial charge in [0.05, 0.1) is 21.4 Å². The lowest BCUT2D eigenvalue weighted by atomic mass is 10.2. The fraction of sp³-hybridized carbons (Fsp3) is 0.0769. The maximum atomic E-state index is 13.5. The van der Waals surface area contributed by atoms with Crippen LogP contribution in [0.2, 0.25) is 0 Å². The number of nitrogens with zero attached hydrogens (tertiary/aromatic N) is 2. The number of rotatable bonds is 3. The lowest BCUT2D eigenvalue weighted by Crippen LogP contribution is -2.00. The van der Waals surface area contributed by atoms with E-state index in [4.69, 9.17) is 5.26 Å². The molecular formula is C13H8F2N2OS. The third kappa shape index (κ3) is 3.20. The molecule has 0 saturated heterocycles. The molecule has 0 aliphatic heterocycles. The van der Waals surface area contributed by atoms with Gasteiger partial charge in [-0.2, -0.15) is 5.26 Å². The van der Waals surface area contributed by atoms with Crippen LogP contribution in [0.25, 0.3) is 0 Å². The van der Waals surface area contributed by atoms with Gasteiger partial charge >= 0.3 is 0 Å². The Balaban J connectivity index is 2.23. The van der Waals surface area contributed by atoms with Gasteiger partial charge in [0.2, 0.25) is 0 Å². The molecule has 6 heteroatoms. The first-order valence-electron chi connectivity index (χ1n) is 5.28. The number of benzene rings is 1. The van der Waals surface area contributed by atoms with Crippen LogP contribution in [0.5, 0.6) is 0 Å². The molecule has 3 nitrogen and oxygen atoms in total. The van der Waals surface area contributed by atoms with Crippen molar-refractivity contribution in [2.24, 2.45) is 0 Å². The van der Waals surface area contributed by atoms with E-state index in [0.29, 0.717) is 11.6 Å². The summed E-state index contributed by atoms with van der Waals surface area (Å²) in [6.45, 7) is 0. The Labute approximate surface area is 111 Å². The summed E-state index contributed by atoms with van der Waals surface area (Å²) in [6, 6.07) is 7.86. The lowest BCUT2D eigenvalue weighted by Gasteiger charge is -2.04. The van der Waals surface area contributed by atoms with Crippen molar-refractivity contribution < 1.29 is 13.0 Å². The van der Waals surface area contributed by atoms with Gasteiger partial charge in [-0.3, -0.25) is 4.21 Å². The second kappa shape index (κ2) is 5.67. The zero-order valence-electron chi connectivity index (χ0n) is 9.64. The quantitative estimate of drug-likeness (QED) is 0.867. The molecule has 0 bridgehead atoms. The summed E-state index contributed by atoms with van der Waals surface area (Å²) < 4.78 is 38.2. The number of hydrogen-bond acceptors (Lipinski definition) is 3. The number of pyridine rings is 1. The van der Waals surface area contributed by atoms with E-state index >= 15 is 0 Å². The van der Waals surface area contributed by atoms with Crippen LogP contribution in [0, 0.1) is 23.0 Å². The highest BCUT2D eigenvalue weighted by molar-refractivity contribution is 7.84. The molecule has 1 unspecified atom stereocenters. The van der Waals surface area contributed by atoms with E-state index in [1.165, 1.54) is 12.3 Å². The first-order valence-corrected chi connectivity index (χ1v) is 6.60. The highest BCUT2D eigenvalue weighted by Crippen LogP contribution is 2.17. The van der Waals surface area contributed by atoms with Gasteiger partial charge in [-0.05, 0) is 29.8 Å². The second-order valence-corrected chi connectivity index (χ2v) is 5.15. The number of hydrogen-bond donors (Lipinski definition) is 0. The van der Waals surface area contributed by atoms with Crippen molar-refractivity contribution in [3.8, 4) is 6.07 Å². The van der Waals surface area contributed by atoms with Crippen LogP contribution in [-0.2, 0) is 16.6 Å². The Bertz CT molecular complexity index is 683. The summed E-state index contributed by atoms with van der Waals surface area (Å²) in [5, 5.41) is 8.70. The molecule has 1 atom stereocenters. The number of halogens is 2. The molecule has 0 radical (unpaired) electrons. The third-order valence-corrected chi connectivity index (χ3v) is 3.79. The lowest BCUT2D eigenvalue weighted by molar-refractivity contribution is 0.562. The van der Waals surface area contributed by atoms with Gasteiger partial charge in [-0.1, -0.05) is 0 Å². The molecule has 1 heterocycles. The van der Waals surface area contributed by atoms with Crippen molar-refractivity contribution in [1.29, 1.82) is 5.26 Å². The van der Waals surface area contributed by atoms with Crippen LogP contribution in [-0.4, -0.2) is 9.19 Å². The summed E-state index contributed by atoms with van der Waals surface area (Å²) in [4.78, 5) is 3.72. The smallest absolute Gasteiger partial charge is 0.142 e. The third-order valence-electron chi connectivity index (χ3n) is 2.38. The molecule has 0 aliphatic rings. The van der Waals surface area contributed by atoms with Crippen LogP contribution in [0.15, 0.2) is 41.4 Å². The Morgan fingerprint density at radius 1 is 1.26 bits per heavy atom. The van der Waals surface area contributed by atoms with Crippen LogP contribution in [0.4, 0.5) is 8.78 Å². The van der Waals surface area contributed by atoms with Gasteiger partial charge < -0.3 is 0 Å². The molecule has 1 aromatic carbocycles. The fourth-order valence-corrected chi connectivity index (χ4v) is 2.65. The molecule has 0 saturated carbocycles. The first kappa shape index (κ1) is 13.3. The summed E-state index contributed by atoms with van der Waals surface area (Å²) in [7, 11) is -1.64. The van der Waals surface area contributed by atoms with E-state index in [0.717, 1.165) is 12.1 Å². The number of nitriles is 1. The Morgan fingerprint density at radius 3 is 2.74 bits per heavy atom. The van der Waals surface area contributed by atoms with Crippen molar-refractivity contribution >= 4 is 10.8 Å². The van der Waals surface area contributed by atoms with Gasteiger partial charge in [0, 0.05) is 12.3 Å². The van der Waals surface area contributed by atoms with Crippen molar-refractivity contribution in [2.75, 3.05) is 0 Å². The minimum atomic E-state index is -1.64. The van der Waals surface area contributed by atoms with Gasteiger partial charge in [-0.25, -0.2) is 13.8 Å². The van der Waals surface area contributed by atoms with Gasteiger partial charge in [0.25, 0.3) is 0 Å². The van der Waals surface area contributed by atoms with E-state index in [1.807, 2.05) is 6.07 Å². The van der Waals surface area contributed by atoms with Crippen LogP contribution < -0.4 is 0 Å². The van der Waals surface area contributed by atoms with Crippen molar-refractivity contribution in [2.45, 2.75) is 10.6 Å². The van der Waals surface area contributed by atoms with E-state index in [-0.39, 0.29) is 16.3 Å². The summed E-state index contributed by atoms with van der Waals surface area (Å²) in [5.41, 5.74) is 0.808. The van der Waals surface area contributed by atoms with Crippen LogP contribution in [0.1, 0.15) is 11.3 Å². The average molecular weight is 278 g/mol. The van der Waals surface area contributed by atoms with E-state index in [2.05, 4.69) is 4.98 Å². The Hall–Kier alpha value is -2.13. The van der Waals surface area contributed by atoms with Gasteiger partial charge in [-0.15, -0.1) is 0 Å². The first-order chi connectivity index (χ1) is 9.10. The SMILES string of the molecule is N#Cc1cc(CS(=O)c2ccc(F)cc2F)ccn1. The monoisotopic (exact) mass is 278 g/mol. The van der Waals surface area contributed by atoms with Crippen molar-refractivity contribution in [3.63, 3.8) is 0 Å². The predicted molar refractivity (Wildman–Crippen MR) is 65.4 cm³/mol. The highest BCUT2D eigenvalue weighted by Gasteiger charge is 2.12. The molecule has 0 N–H and O–H groups in total. The molecule has 19 heavy (non-hydrogen) atoms. The van der Waals surface area contributed by atoms with Crippen molar-refractivity contribution in [1.82, 2.24) is 4.98 Å². The van der Waals surface area contributed by atoms with Gasteiger partial charge in [0.15, 0.2) is 0 Å². The molecule has 96 valence electrons. The fourth-order valence-electron chi connectivity index (χ4n) is 1.51. The van der Waals surface area contributed by atoms with Crippen LogP contribution in [0.3, 0.4) is 0 Å². The molecule has 0 aliphatic carbocycles. The van der Waals surface area contributed by atoms with E-state index in [9.17, 15) is 13.0 Å². The standard InChI is InChI=1S/C13H8F2N2OS/c14-10-1-2-13(12(15)6-10)19(18)8-9-3-4-17-11(5-9)7-16/h1-6H,8H2. The average Bonchev–Trinajstić information content (AvgIpc) is 2.38. The summed E-state index contributed by atoms with van der Waals surface area (Å²) in [5.74, 6) is -1.51. The van der Waals surface area contributed by atoms with Crippen LogP contribution >= 0.6 is 0 Å². The molecular weight excluding hydrogens is 270 g/mol. The van der Waals surface area contributed by atoms with E-state index in [1.54, 1.807) is 6.07 Å². The van der Waals surface area contributed by atoms with Gasteiger partial charge in [0.1, 0.15) is 23.4 Å². The highest BCUT2D eigenvalue weighted by atomic mass is 32.2. The normalized spacial score (nSPS) is 11.8. The Kier molecular flexibility index (Phi) is 3.97. The molecule has 0 amide bonds. The summed E-state index contributed by atoms with van der Waals surface area (Å²) in [6.07, 6.45) is 1.42. The molecule has 1 aromatic heterocycles. The maximum absolute atomic E-state index is 13.5. The predicted octanol–water partition coefficient (Wildman–Crippen LogP) is 2.54. The molecule has 2 rings (SSSR count). The largest absolute Gasteiger partial charge is 0.254 e. The summed E-state index contributed by atoms with van der Waals surface area (Å²) >= 11 is 0. The zero-order valence-corrected chi connectivity index (χ0v) is 10.5. The van der Waals surface area contributed by atoms with Crippen molar-refractivity contribution in [3.05, 3.63) is 59.4 Å². The zero-order chi connectivity index (χ0) is 13.8. The minimum absolute atomic E-state index is 0.0414. The molecule has 0 spiro atoms. The Morgan fingerprint density at radius 2 is 2.05 bits per heavy atom. The second-order valence-electron chi connectivity index (χ2n) is 3.73.